The van der Waals surface area contributed by atoms with Crippen molar-refractivity contribution in [2.75, 3.05) is 29.2 Å². The molecule has 0 fully saturated rings. The number of nitrogens with one attached hydrogen (secondary N) is 2. The number of hydrogen-bond donors (Lipinski definition) is 2. The van der Waals surface area contributed by atoms with Gasteiger partial charge in [-0.15, -0.1) is 0 Å². The minimum Gasteiger partial charge on any atom is -0.381 e. The highest BCUT2D eigenvalue weighted by molar-refractivity contribution is 7.90. The number of sulfone groups is 1. The highest BCUT2D eigenvalue weighted by Crippen LogP contribution is 2.31. The van der Waals surface area contributed by atoms with Gasteiger partial charge < -0.3 is 10.6 Å². The Labute approximate surface area is 104 Å². The van der Waals surface area contributed by atoms with Crippen molar-refractivity contribution in [1.82, 2.24) is 0 Å². The van der Waals surface area contributed by atoms with E-state index in [9.17, 15) is 17.2 Å². The zero-order valence-corrected chi connectivity index (χ0v) is 10.7. The first kappa shape index (κ1) is 13.1. The molecule has 4 nitrogen and oxygen atoms in total. The third-order valence-corrected chi connectivity index (χ3v) is 3.80. The molecule has 0 radical (unpaired) electrons. The van der Waals surface area contributed by atoms with Crippen LogP contribution in [0.15, 0.2) is 12.1 Å². The quantitative estimate of drug-likeness (QED) is 0.880. The van der Waals surface area contributed by atoms with Gasteiger partial charge in [-0.3, -0.25) is 0 Å². The SMILES string of the molecule is CS(=O)(=O)CCC1CNc2ccc(F)c(F)c2N1. The molecule has 2 rings (SSSR count). The van der Waals surface area contributed by atoms with Gasteiger partial charge in [0.25, 0.3) is 0 Å². The molecule has 1 aliphatic rings. The van der Waals surface area contributed by atoms with Crippen molar-refractivity contribution in [3.05, 3.63) is 23.8 Å². The van der Waals surface area contributed by atoms with Gasteiger partial charge in [-0.1, -0.05) is 0 Å². The highest BCUT2D eigenvalue weighted by atomic mass is 32.2. The molecule has 18 heavy (non-hydrogen) atoms. The summed E-state index contributed by atoms with van der Waals surface area (Å²) < 4.78 is 48.7. The van der Waals surface area contributed by atoms with Crippen molar-refractivity contribution in [2.24, 2.45) is 0 Å². The number of rotatable bonds is 3. The summed E-state index contributed by atoms with van der Waals surface area (Å²) in [6.07, 6.45) is 1.50. The van der Waals surface area contributed by atoms with Gasteiger partial charge in [-0.2, -0.15) is 0 Å². The maximum absolute atomic E-state index is 13.5. The third kappa shape index (κ3) is 2.90. The highest BCUT2D eigenvalue weighted by Gasteiger charge is 2.22. The predicted octanol–water partition coefficient (Wildman–Crippen LogP) is 1.61. The van der Waals surface area contributed by atoms with Crippen LogP contribution < -0.4 is 10.6 Å². The van der Waals surface area contributed by atoms with Crippen molar-refractivity contribution in [3.63, 3.8) is 0 Å². The van der Waals surface area contributed by atoms with Crippen LogP contribution in [0.25, 0.3) is 0 Å². The van der Waals surface area contributed by atoms with Crippen LogP contribution in [-0.4, -0.2) is 33.0 Å². The van der Waals surface area contributed by atoms with Crippen molar-refractivity contribution >= 4 is 21.2 Å². The summed E-state index contributed by atoms with van der Waals surface area (Å²) in [5.41, 5.74) is 0.559. The largest absolute Gasteiger partial charge is 0.381 e. The standard InChI is InChI=1S/C11H14F2N2O2S/c1-18(16,17)5-4-7-6-14-9-3-2-8(12)10(13)11(9)15-7/h2-3,7,14-15H,4-6H2,1H3. The minimum atomic E-state index is -3.05. The average Bonchev–Trinajstić information content (AvgIpc) is 2.31. The van der Waals surface area contributed by atoms with E-state index in [1.54, 1.807) is 0 Å². The molecule has 2 N–H and O–H groups in total. The smallest absolute Gasteiger partial charge is 0.183 e. The number of anilines is 2. The Kier molecular flexibility index (Phi) is 3.43. The molecule has 0 bridgehead atoms. The van der Waals surface area contributed by atoms with Crippen LogP contribution in [0.1, 0.15) is 6.42 Å². The normalized spacial score (nSPS) is 18.7. The van der Waals surface area contributed by atoms with Gasteiger partial charge in [0, 0.05) is 18.8 Å². The van der Waals surface area contributed by atoms with Crippen LogP contribution in [-0.2, 0) is 9.84 Å². The first-order valence-corrected chi connectivity index (χ1v) is 7.59. The van der Waals surface area contributed by atoms with E-state index >= 15 is 0 Å². The number of benzene rings is 1. The molecule has 1 unspecified atom stereocenters. The van der Waals surface area contributed by atoms with Crippen LogP contribution in [0, 0.1) is 11.6 Å². The summed E-state index contributed by atoms with van der Waals surface area (Å²) in [5.74, 6) is -1.85. The molecule has 1 heterocycles. The molecule has 0 saturated heterocycles. The van der Waals surface area contributed by atoms with Crippen molar-refractivity contribution in [3.8, 4) is 0 Å². The zero-order chi connectivity index (χ0) is 13.3. The molecule has 0 saturated carbocycles. The number of fused-ring (bicyclic) bond motifs is 1. The molecular formula is C11H14F2N2O2S. The van der Waals surface area contributed by atoms with Crippen molar-refractivity contribution < 1.29 is 17.2 Å². The molecule has 100 valence electrons. The van der Waals surface area contributed by atoms with Crippen LogP contribution in [0.4, 0.5) is 20.2 Å². The molecule has 7 heteroatoms. The Bertz CT molecular complexity index is 560. The van der Waals surface area contributed by atoms with Crippen LogP contribution in [0.3, 0.4) is 0 Å². The maximum atomic E-state index is 13.5. The monoisotopic (exact) mass is 276 g/mol. The molecule has 1 aromatic carbocycles. The molecule has 1 aliphatic heterocycles. The van der Waals surface area contributed by atoms with E-state index < -0.39 is 21.5 Å². The van der Waals surface area contributed by atoms with Gasteiger partial charge in [-0.25, -0.2) is 17.2 Å². The average molecular weight is 276 g/mol. The molecule has 0 aliphatic carbocycles. The Morgan fingerprint density at radius 3 is 2.78 bits per heavy atom. The maximum Gasteiger partial charge on any atom is 0.183 e. The van der Waals surface area contributed by atoms with E-state index in [0.717, 1.165) is 12.3 Å². The van der Waals surface area contributed by atoms with Crippen LogP contribution in [0.5, 0.6) is 0 Å². The van der Waals surface area contributed by atoms with Gasteiger partial charge in [-0.05, 0) is 18.6 Å². The lowest BCUT2D eigenvalue weighted by molar-refractivity contribution is 0.508. The Morgan fingerprint density at radius 1 is 1.39 bits per heavy atom. The lowest BCUT2D eigenvalue weighted by Gasteiger charge is -2.28. The van der Waals surface area contributed by atoms with Crippen LogP contribution in [0.2, 0.25) is 0 Å². The summed E-state index contributed by atoms with van der Waals surface area (Å²) in [6, 6.07) is 2.27. The third-order valence-electron chi connectivity index (χ3n) is 2.82. The molecule has 0 spiro atoms. The Hall–Kier alpha value is -1.37. The van der Waals surface area contributed by atoms with E-state index in [4.69, 9.17) is 0 Å². The van der Waals surface area contributed by atoms with Gasteiger partial charge >= 0.3 is 0 Å². The Morgan fingerprint density at radius 2 is 2.11 bits per heavy atom. The molecule has 1 atom stereocenters. The summed E-state index contributed by atoms with van der Waals surface area (Å²) in [7, 11) is -3.05. The van der Waals surface area contributed by atoms with Gasteiger partial charge in [0.15, 0.2) is 11.6 Å². The fraction of sp³-hybridized carbons (Fsp3) is 0.455. The predicted molar refractivity (Wildman–Crippen MR) is 66.6 cm³/mol. The van der Waals surface area contributed by atoms with E-state index in [-0.39, 0.29) is 17.5 Å². The van der Waals surface area contributed by atoms with Gasteiger partial charge in [0.2, 0.25) is 0 Å². The van der Waals surface area contributed by atoms with E-state index in [1.807, 2.05) is 0 Å². The number of halogens is 2. The van der Waals surface area contributed by atoms with Crippen LogP contribution >= 0.6 is 0 Å². The van der Waals surface area contributed by atoms with E-state index in [0.29, 0.717) is 18.7 Å². The lowest BCUT2D eigenvalue weighted by atomic mass is 10.1. The van der Waals surface area contributed by atoms with Gasteiger partial charge in [0.05, 0.1) is 17.1 Å². The molecule has 0 amide bonds. The topological polar surface area (TPSA) is 58.2 Å². The fourth-order valence-corrected chi connectivity index (χ4v) is 2.57. The van der Waals surface area contributed by atoms with Gasteiger partial charge in [0.1, 0.15) is 9.84 Å². The summed E-state index contributed by atoms with van der Waals surface area (Å²) in [5, 5.41) is 5.79. The van der Waals surface area contributed by atoms with E-state index in [1.165, 1.54) is 6.07 Å². The molecular weight excluding hydrogens is 262 g/mol. The van der Waals surface area contributed by atoms with Crippen molar-refractivity contribution in [1.29, 1.82) is 0 Å². The summed E-state index contributed by atoms with van der Waals surface area (Å²) in [4.78, 5) is 0. The molecule has 0 aromatic heterocycles. The first-order valence-electron chi connectivity index (χ1n) is 5.53. The van der Waals surface area contributed by atoms with Crippen molar-refractivity contribution in [2.45, 2.75) is 12.5 Å². The Balaban J connectivity index is 2.12. The first-order chi connectivity index (χ1) is 8.37. The fourth-order valence-electron chi connectivity index (χ4n) is 1.86. The minimum absolute atomic E-state index is 0.0125. The lowest BCUT2D eigenvalue weighted by Crippen LogP contribution is -2.35. The second kappa shape index (κ2) is 4.72. The second-order valence-corrected chi connectivity index (χ2v) is 6.68. The number of hydrogen-bond acceptors (Lipinski definition) is 4. The summed E-state index contributed by atoms with van der Waals surface area (Å²) in [6.45, 7) is 0.480. The molecule has 1 aromatic rings. The zero-order valence-electron chi connectivity index (χ0n) is 9.83. The summed E-state index contributed by atoms with van der Waals surface area (Å²) >= 11 is 0. The van der Waals surface area contributed by atoms with E-state index in [2.05, 4.69) is 10.6 Å². The second-order valence-electron chi connectivity index (χ2n) is 4.42.